The zero-order valence-corrected chi connectivity index (χ0v) is 38.3. The van der Waals surface area contributed by atoms with Crippen LogP contribution in [0.1, 0.15) is 112 Å². The van der Waals surface area contributed by atoms with Crippen molar-refractivity contribution in [2.24, 2.45) is 29.4 Å². The fraction of sp³-hybridized carbons (Fsp3) is 0.682. The van der Waals surface area contributed by atoms with Gasteiger partial charge in [0.25, 0.3) is 0 Å². The number of carboxylic acids is 1. The van der Waals surface area contributed by atoms with Crippen molar-refractivity contribution in [1.82, 2.24) is 42.5 Å². The number of aliphatic carboxylic acids is 1. The number of carboxylic acid groups (broad SMARTS) is 1. The van der Waals surface area contributed by atoms with Crippen molar-refractivity contribution in [3.63, 3.8) is 0 Å². The first-order valence-corrected chi connectivity index (χ1v) is 22.2. The zero-order chi connectivity index (χ0) is 47.4. The molecule has 19 heteroatoms. The third-order valence-corrected chi connectivity index (χ3v) is 10.3. The minimum absolute atomic E-state index is 0.000528. The average molecular weight is 887 g/mol. The second-order valence-electron chi connectivity index (χ2n) is 18.2. The lowest BCUT2D eigenvalue weighted by molar-refractivity contribution is -0.143. The summed E-state index contributed by atoms with van der Waals surface area (Å²) in [5, 5.41) is 49.5. The van der Waals surface area contributed by atoms with Crippen LogP contribution >= 0.6 is 0 Å². The first-order chi connectivity index (χ1) is 29.6. The number of benzene rings is 1. The van der Waals surface area contributed by atoms with Crippen LogP contribution in [0.5, 0.6) is 5.75 Å². The summed E-state index contributed by atoms with van der Waals surface area (Å²) < 4.78 is 0. The summed E-state index contributed by atoms with van der Waals surface area (Å²) in [6, 6.07) is -1.43. The fourth-order valence-electron chi connectivity index (χ4n) is 7.22. The predicted octanol–water partition coefficient (Wildman–Crippen LogP) is 1.13. The number of nitrogens with two attached hydrogens (primary N) is 1. The van der Waals surface area contributed by atoms with E-state index in [-0.39, 0.29) is 92.8 Å². The number of nitrogens with one attached hydrogen (secondary N) is 9. The molecule has 1 fully saturated rings. The van der Waals surface area contributed by atoms with Crippen LogP contribution in [0.15, 0.2) is 24.3 Å². The molecule has 0 saturated carbocycles. The van der Waals surface area contributed by atoms with Gasteiger partial charge in [0.15, 0.2) is 5.96 Å². The number of amides is 6. The molecule has 1 heterocycles. The van der Waals surface area contributed by atoms with Crippen LogP contribution in [0, 0.1) is 29.1 Å². The van der Waals surface area contributed by atoms with Crippen molar-refractivity contribution in [3.05, 3.63) is 29.8 Å². The maximum atomic E-state index is 14.3. The average Bonchev–Trinajstić information content (AvgIpc) is 3.73. The van der Waals surface area contributed by atoms with Gasteiger partial charge in [-0.05, 0) is 99.3 Å². The molecule has 63 heavy (non-hydrogen) atoms. The zero-order valence-electron chi connectivity index (χ0n) is 38.3. The Morgan fingerprint density at radius 1 is 0.651 bits per heavy atom. The molecule has 2 rings (SSSR count). The van der Waals surface area contributed by atoms with Gasteiger partial charge < -0.3 is 58.5 Å². The Labute approximate surface area is 371 Å². The van der Waals surface area contributed by atoms with Gasteiger partial charge in [0.1, 0.15) is 42.0 Å². The number of phenolic OH excluding ortho intramolecular Hbond substituents is 1. The van der Waals surface area contributed by atoms with Gasteiger partial charge in [0.05, 0.1) is 6.04 Å². The maximum absolute atomic E-state index is 14.3. The van der Waals surface area contributed by atoms with Gasteiger partial charge in [0.2, 0.25) is 35.4 Å². The van der Waals surface area contributed by atoms with Crippen LogP contribution < -0.4 is 48.3 Å². The van der Waals surface area contributed by atoms with E-state index >= 15 is 0 Å². The standard InChI is InChI=1S/C44H74N10O9/c1-24(2)19-32(50-37(56)30-11-9-17-47-30)39(58)49-31(12-10-18-48-44(45)46)38(57)53-35(23-28-13-15-29(55)16-14-28)42(61)52-33(20-25(3)4)40(59)51-34(21-26(5)6)41(60)54-36(43(62)63)22-27(7)8/h13-16,24-27,30-36,47,55H,9-12,17-23H2,1-8H3,(H,49,58)(H,50,56)(H,51,59)(H,52,61)(H,53,57)(H,54,60)(H,62,63)(H4,45,46,48)/t30-,31-,32-,33-,34-,35-,36-/m0/s1. The number of guanidine groups is 1. The molecule has 1 aliphatic heterocycles. The molecule has 0 spiro atoms. The summed E-state index contributed by atoms with van der Waals surface area (Å²) in [5.74, 6) is -5.49. The van der Waals surface area contributed by atoms with Crippen molar-refractivity contribution in [3.8, 4) is 5.75 Å². The molecule has 7 atom stereocenters. The van der Waals surface area contributed by atoms with Crippen LogP contribution in [0.25, 0.3) is 0 Å². The second kappa shape index (κ2) is 26.9. The van der Waals surface area contributed by atoms with E-state index in [1.165, 1.54) is 12.1 Å². The summed E-state index contributed by atoms with van der Waals surface area (Å²) in [4.78, 5) is 95.1. The molecule has 6 amide bonds. The number of hydrogen-bond acceptors (Lipinski definition) is 10. The number of rotatable bonds is 27. The molecule has 1 aromatic rings. The summed E-state index contributed by atoms with van der Waals surface area (Å²) in [6.45, 7) is 15.7. The highest BCUT2D eigenvalue weighted by molar-refractivity contribution is 5.97. The van der Waals surface area contributed by atoms with Crippen LogP contribution in [-0.2, 0) is 40.0 Å². The van der Waals surface area contributed by atoms with Crippen molar-refractivity contribution < 1.29 is 43.8 Å². The lowest BCUT2D eigenvalue weighted by Crippen LogP contribution is -2.60. The fourth-order valence-corrected chi connectivity index (χ4v) is 7.22. The number of aromatic hydroxyl groups is 1. The molecule has 13 N–H and O–H groups in total. The summed E-state index contributed by atoms with van der Waals surface area (Å²) in [6.07, 6.45) is 2.46. The summed E-state index contributed by atoms with van der Waals surface area (Å²) in [7, 11) is 0. The molecular weight excluding hydrogens is 813 g/mol. The molecule has 1 aliphatic rings. The Bertz CT molecular complexity index is 1680. The molecule has 1 saturated heterocycles. The molecular formula is C44H74N10O9. The SMILES string of the molecule is CC(C)C[C@H](NC(=O)[C@H](CC(C)C)NC(=O)[C@H](CC(C)C)NC(=O)[C@H](Cc1ccc(O)cc1)NC(=O)[C@H](CCCNC(=N)N)NC(=O)[C@H](CC(C)C)NC(=O)[C@@H]1CCCN1)C(=O)O. The molecule has 354 valence electrons. The van der Waals surface area contributed by atoms with E-state index in [0.29, 0.717) is 18.5 Å². The van der Waals surface area contributed by atoms with Gasteiger partial charge in [0, 0.05) is 13.0 Å². The molecule has 0 aliphatic carbocycles. The monoisotopic (exact) mass is 887 g/mol. The number of carbonyl (C=O) groups is 7. The van der Waals surface area contributed by atoms with Crippen molar-refractivity contribution in [2.45, 2.75) is 155 Å². The lowest BCUT2D eigenvalue weighted by atomic mass is 9.98. The van der Waals surface area contributed by atoms with Crippen molar-refractivity contribution in [1.29, 1.82) is 5.41 Å². The molecule has 0 bridgehead atoms. The van der Waals surface area contributed by atoms with Gasteiger partial charge in [-0.2, -0.15) is 0 Å². The highest BCUT2D eigenvalue weighted by Gasteiger charge is 2.35. The Kier molecular flexibility index (Phi) is 22.9. The van der Waals surface area contributed by atoms with Gasteiger partial charge in [-0.15, -0.1) is 0 Å². The van der Waals surface area contributed by atoms with Gasteiger partial charge >= 0.3 is 5.97 Å². The summed E-state index contributed by atoms with van der Waals surface area (Å²) in [5.41, 5.74) is 6.01. The Morgan fingerprint density at radius 2 is 1.06 bits per heavy atom. The Morgan fingerprint density at radius 3 is 1.51 bits per heavy atom. The van der Waals surface area contributed by atoms with E-state index in [1.54, 1.807) is 12.1 Å². The highest BCUT2D eigenvalue weighted by atomic mass is 16.4. The van der Waals surface area contributed by atoms with E-state index < -0.39 is 77.8 Å². The third kappa shape index (κ3) is 20.5. The Balaban J connectivity index is 2.45. The second-order valence-corrected chi connectivity index (χ2v) is 18.2. The van der Waals surface area contributed by atoms with E-state index in [4.69, 9.17) is 11.1 Å². The first kappa shape index (κ1) is 53.7. The predicted molar refractivity (Wildman–Crippen MR) is 239 cm³/mol. The molecule has 1 aromatic carbocycles. The van der Waals surface area contributed by atoms with Gasteiger partial charge in [-0.25, -0.2) is 4.79 Å². The van der Waals surface area contributed by atoms with Crippen LogP contribution in [0.4, 0.5) is 0 Å². The molecule has 0 aromatic heterocycles. The minimum atomic E-state index is -1.32. The maximum Gasteiger partial charge on any atom is 0.326 e. The molecule has 0 radical (unpaired) electrons. The quantitative estimate of drug-likeness (QED) is 0.0336. The summed E-state index contributed by atoms with van der Waals surface area (Å²) >= 11 is 0. The number of phenols is 1. The number of carbonyl (C=O) groups excluding carboxylic acids is 6. The minimum Gasteiger partial charge on any atom is -0.508 e. The van der Waals surface area contributed by atoms with Gasteiger partial charge in [-0.3, -0.25) is 34.2 Å². The first-order valence-electron chi connectivity index (χ1n) is 22.2. The van der Waals surface area contributed by atoms with Crippen LogP contribution in [0.3, 0.4) is 0 Å². The van der Waals surface area contributed by atoms with Crippen LogP contribution in [-0.4, -0.2) is 113 Å². The van der Waals surface area contributed by atoms with E-state index in [0.717, 1.165) is 6.42 Å². The smallest absolute Gasteiger partial charge is 0.326 e. The number of hydrogen-bond donors (Lipinski definition) is 12. The normalized spacial score (nSPS) is 16.6. The topological polar surface area (TPSA) is 306 Å². The Hall–Kier alpha value is -5.46. The van der Waals surface area contributed by atoms with Crippen molar-refractivity contribution >= 4 is 47.4 Å². The van der Waals surface area contributed by atoms with E-state index in [9.17, 15) is 43.8 Å². The van der Waals surface area contributed by atoms with E-state index in [2.05, 4.69) is 42.5 Å². The lowest BCUT2D eigenvalue weighted by Gasteiger charge is -2.29. The highest BCUT2D eigenvalue weighted by Crippen LogP contribution is 2.15. The third-order valence-electron chi connectivity index (χ3n) is 10.3. The van der Waals surface area contributed by atoms with Crippen molar-refractivity contribution in [2.75, 3.05) is 13.1 Å². The van der Waals surface area contributed by atoms with Gasteiger partial charge in [-0.1, -0.05) is 67.5 Å². The van der Waals surface area contributed by atoms with Crippen LogP contribution in [0.2, 0.25) is 0 Å². The van der Waals surface area contributed by atoms with E-state index in [1.807, 2.05) is 55.4 Å². The molecule has 0 unspecified atom stereocenters. The largest absolute Gasteiger partial charge is 0.508 e. The molecule has 19 nitrogen and oxygen atoms in total.